The Bertz CT molecular complexity index is 413. The van der Waals surface area contributed by atoms with E-state index in [9.17, 15) is 5.11 Å². The van der Waals surface area contributed by atoms with Gasteiger partial charge in [0, 0.05) is 0 Å². The van der Waals surface area contributed by atoms with Crippen molar-refractivity contribution in [1.82, 2.24) is 0 Å². The molecule has 1 aromatic rings. The van der Waals surface area contributed by atoms with Crippen LogP contribution in [0.3, 0.4) is 0 Å². The SMILES string of the molecule is CCCCCCCCCCCCCCCCC(O)(CC)c1ccccc1. The number of benzene rings is 1. The van der Waals surface area contributed by atoms with Crippen LogP contribution in [0.2, 0.25) is 0 Å². The van der Waals surface area contributed by atoms with E-state index in [-0.39, 0.29) is 0 Å². The minimum absolute atomic E-state index is 0.627. The molecule has 1 rings (SSSR count). The molecule has 0 saturated carbocycles. The second-order valence-corrected chi connectivity index (χ2v) is 8.10. The van der Waals surface area contributed by atoms with Crippen LogP contribution in [0.25, 0.3) is 0 Å². The molecule has 1 heteroatoms. The maximum atomic E-state index is 10.9. The minimum atomic E-state index is -0.627. The van der Waals surface area contributed by atoms with Crippen LogP contribution in [0.5, 0.6) is 0 Å². The summed E-state index contributed by atoms with van der Waals surface area (Å²) in [5.41, 5.74) is 0.454. The Labute approximate surface area is 163 Å². The molecule has 150 valence electrons. The van der Waals surface area contributed by atoms with Gasteiger partial charge in [0.05, 0.1) is 5.60 Å². The molecular formula is C25H44O. The van der Waals surface area contributed by atoms with E-state index in [2.05, 4.69) is 26.0 Å². The Kier molecular flexibility index (Phi) is 13.6. The van der Waals surface area contributed by atoms with Crippen LogP contribution in [0.1, 0.15) is 122 Å². The highest BCUT2D eigenvalue weighted by atomic mass is 16.3. The van der Waals surface area contributed by atoms with Crippen molar-refractivity contribution in [2.24, 2.45) is 0 Å². The molecule has 0 spiro atoms. The molecule has 26 heavy (non-hydrogen) atoms. The maximum Gasteiger partial charge on any atom is 0.0893 e. The molecule has 1 aromatic carbocycles. The van der Waals surface area contributed by atoms with E-state index in [1.54, 1.807) is 0 Å². The summed E-state index contributed by atoms with van der Waals surface area (Å²) >= 11 is 0. The fourth-order valence-electron chi connectivity index (χ4n) is 3.89. The van der Waals surface area contributed by atoms with Gasteiger partial charge in [0.25, 0.3) is 0 Å². The van der Waals surface area contributed by atoms with Crippen molar-refractivity contribution >= 4 is 0 Å². The monoisotopic (exact) mass is 360 g/mol. The first-order chi connectivity index (χ1) is 12.7. The molecule has 1 unspecified atom stereocenters. The van der Waals surface area contributed by atoms with Crippen molar-refractivity contribution in [2.75, 3.05) is 0 Å². The molecule has 0 heterocycles. The van der Waals surface area contributed by atoms with Crippen LogP contribution in [0.4, 0.5) is 0 Å². The first kappa shape index (κ1) is 23.2. The van der Waals surface area contributed by atoms with Gasteiger partial charge < -0.3 is 5.11 Å². The zero-order valence-corrected chi connectivity index (χ0v) is 17.6. The molecule has 0 fully saturated rings. The standard InChI is InChI=1S/C25H44O/c1-3-5-6-7-8-9-10-11-12-13-14-15-16-20-23-25(26,4-2)24-21-18-17-19-22-24/h17-19,21-22,26H,3-16,20,23H2,1-2H3. The number of hydrogen-bond acceptors (Lipinski definition) is 1. The highest BCUT2D eigenvalue weighted by Gasteiger charge is 2.25. The van der Waals surface area contributed by atoms with Crippen LogP contribution >= 0.6 is 0 Å². The van der Waals surface area contributed by atoms with Crippen LogP contribution in [0, 0.1) is 0 Å². The molecule has 0 aliphatic heterocycles. The van der Waals surface area contributed by atoms with E-state index in [4.69, 9.17) is 0 Å². The number of unbranched alkanes of at least 4 members (excludes halogenated alkanes) is 13. The smallest absolute Gasteiger partial charge is 0.0893 e. The van der Waals surface area contributed by atoms with E-state index in [0.29, 0.717) is 0 Å². The molecule has 0 aliphatic rings. The summed E-state index contributed by atoms with van der Waals surface area (Å²) in [5.74, 6) is 0. The van der Waals surface area contributed by atoms with Crippen molar-refractivity contribution in [3.05, 3.63) is 35.9 Å². The Morgan fingerprint density at radius 2 is 1.04 bits per heavy atom. The van der Waals surface area contributed by atoms with Gasteiger partial charge in [-0.3, -0.25) is 0 Å². The van der Waals surface area contributed by atoms with Crippen molar-refractivity contribution in [2.45, 2.75) is 122 Å². The third-order valence-corrected chi connectivity index (χ3v) is 5.84. The Hall–Kier alpha value is -0.820. The van der Waals surface area contributed by atoms with Gasteiger partial charge in [-0.25, -0.2) is 0 Å². The number of rotatable bonds is 17. The van der Waals surface area contributed by atoms with Gasteiger partial charge in [0.15, 0.2) is 0 Å². The highest BCUT2D eigenvalue weighted by Crippen LogP contribution is 2.30. The van der Waals surface area contributed by atoms with E-state index >= 15 is 0 Å². The third kappa shape index (κ3) is 10.4. The van der Waals surface area contributed by atoms with Crippen molar-refractivity contribution in [3.8, 4) is 0 Å². The summed E-state index contributed by atoms with van der Waals surface area (Å²) < 4.78 is 0. The molecule has 0 amide bonds. The first-order valence-electron chi connectivity index (χ1n) is 11.5. The van der Waals surface area contributed by atoms with E-state index < -0.39 is 5.60 Å². The second-order valence-electron chi connectivity index (χ2n) is 8.10. The van der Waals surface area contributed by atoms with Gasteiger partial charge in [-0.15, -0.1) is 0 Å². The number of aliphatic hydroxyl groups is 1. The fraction of sp³-hybridized carbons (Fsp3) is 0.760. The summed E-state index contributed by atoms with van der Waals surface area (Å²) in [4.78, 5) is 0. The molecular weight excluding hydrogens is 316 g/mol. The van der Waals surface area contributed by atoms with Crippen LogP contribution < -0.4 is 0 Å². The van der Waals surface area contributed by atoms with E-state index in [1.165, 1.54) is 83.5 Å². The summed E-state index contributed by atoms with van der Waals surface area (Å²) in [7, 11) is 0. The molecule has 0 bridgehead atoms. The second kappa shape index (κ2) is 15.3. The van der Waals surface area contributed by atoms with Gasteiger partial charge in [-0.1, -0.05) is 134 Å². The van der Waals surface area contributed by atoms with Crippen LogP contribution in [0.15, 0.2) is 30.3 Å². The van der Waals surface area contributed by atoms with Gasteiger partial charge in [-0.2, -0.15) is 0 Å². The van der Waals surface area contributed by atoms with Gasteiger partial charge in [0.1, 0.15) is 0 Å². The lowest BCUT2D eigenvalue weighted by Gasteiger charge is -2.27. The van der Waals surface area contributed by atoms with Crippen molar-refractivity contribution in [3.63, 3.8) is 0 Å². The topological polar surface area (TPSA) is 20.2 Å². The summed E-state index contributed by atoms with van der Waals surface area (Å²) in [5, 5.41) is 10.9. The predicted octanol–water partition coefficient (Wildman–Crippen LogP) is 8.16. The summed E-state index contributed by atoms with van der Waals surface area (Å²) in [6.07, 6.45) is 21.0. The Morgan fingerprint density at radius 1 is 0.615 bits per heavy atom. The molecule has 1 N–H and O–H groups in total. The van der Waals surface area contributed by atoms with E-state index in [0.717, 1.165) is 24.8 Å². The van der Waals surface area contributed by atoms with Crippen molar-refractivity contribution in [1.29, 1.82) is 0 Å². The fourth-order valence-corrected chi connectivity index (χ4v) is 3.89. The van der Waals surface area contributed by atoms with Gasteiger partial charge in [0.2, 0.25) is 0 Å². The number of hydrogen-bond donors (Lipinski definition) is 1. The minimum Gasteiger partial charge on any atom is -0.385 e. The maximum absolute atomic E-state index is 10.9. The van der Waals surface area contributed by atoms with Gasteiger partial charge in [-0.05, 0) is 18.4 Å². The zero-order chi connectivity index (χ0) is 18.9. The normalized spacial score (nSPS) is 13.7. The molecule has 0 radical (unpaired) electrons. The molecule has 0 aromatic heterocycles. The van der Waals surface area contributed by atoms with Gasteiger partial charge >= 0.3 is 0 Å². The lowest BCUT2D eigenvalue weighted by molar-refractivity contribution is 0.0207. The molecule has 0 saturated heterocycles. The van der Waals surface area contributed by atoms with E-state index in [1.807, 2.05) is 18.2 Å². The Morgan fingerprint density at radius 3 is 1.46 bits per heavy atom. The van der Waals surface area contributed by atoms with Crippen molar-refractivity contribution < 1.29 is 5.11 Å². The predicted molar refractivity (Wildman–Crippen MR) is 116 cm³/mol. The third-order valence-electron chi connectivity index (χ3n) is 5.84. The Balaban J connectivity index is 1.94. The average Bonchev–Trinajstić information content (AvgIpc) is 2.68. The molecule has 1 atom stereocenters. The van der Waals surface area contributed by atoms with Crippen LogP contribution in [-0.4, -0.2) is 5.11 Å². The lowest BCUT2D eigenvalue weighted by atomic mass is 9.86. The largest absolute Gasteiger partial charge is 0.385 e. The highest BCUT2D eigenvalue weighted by molar-refractivity contribution is 5.21. The first-order valence-corrected chi connectivity index (χ1v) is 11.5. The summed E-state index contributed by atoms with van der Waals surface area (Å²) in [6.45, 7) is 4.38. The molecule has 1 nitrogen and oxygen atoms in total. The average molecular weight is 361 g/mol. The van der Waals surface area contributed by atoms with Crippen LogP contribution in [-0.2, 0) is 5.60 Å². The molecule has 0 aliphatic carbocycles. The summed E-state index contributed by atoms with van der Waals surface area (Å²) in [6, 6.07) is 10.2. The quantitative estimate of drug-likeness (QED) is 0.278. The zero-order valence-electron chi connectivity index (χ0n) is 17.6. The lowest BCUT2D eigenvalue weighted by Crippen LogP contribution is -2.24.